The number of aliphatic carboxylic acids is 1. The minimum absolute atomic E-state index is 0.0543. The smallest absolute Gasteiger partial charge is 0.338 e. The molecule has 0 bridgehead atoms. The van der Waals surface area contributed by atoms with Crippen molar-refractivity contribution in [3.05, 3.63) is 29.8 Å². The number of rotatable bonds is 7. The van der Waals surface area contributed by atoms with E-state index in [1.54, 1.807) is 36.1 Å². The number of carbonyl (C=O) groups excluding carboxylic acids is 1. The quantitative estimate of drug-likeness (QED) is 0.601. The van der Waals surface area contributed by atoms with E-state index in [0.29, 0.717) is 17.9 Å². The first-order valence-corrected chi connectivity index (χ1v) is 6.19. The summed E-state index contributed by atoms with van der Waals surface area (Å²) in [6.07, 6.45) is -0.0543. The highest BCUT2D eigenvalue weighted by Crippen LogP contribution is 2.16. The monoisotopic (exact) mass is 276 g/mol. The third kappa shape index (κ3) is 4.61. The van der Waals surface area contributed by atoms with Crippen LogP contribution in [0, 0.1) is 11.3 Å². The molecule has 1 N–H and O–H groups in total. The van der Waals surface area contributed by atoms with Crippen molar-refractivity contribution in [1.82, 2.24) is 0 Å². The first-order chi connectivity index (χ1) is 9.58. The van der Waals surface area contributed by atoms with Crippen LogP contribution in [0.5, 0.6) is 0 Å². The van der Waals surface area contributed by atoms with Gasteiger partial charge in [-0.2, -0.15) is 5.26 Å². The van der Waals surface area contributed by atoms with Gasteiger partial charge in [0, 0.05) is 12.2 Å². The Morgan fingerprint density at radius 1 is 1.35 bits per heavy atom. The summed E-state index contributed by atoms with van der Waals surface area (Å²) in [7, 11) is 0. The highest BCUT2D eigenvalue weighted by Gasteiger charge is 2.10. The minimum atomic E-state index is -0.920. The van der Waals surface area contributed by atoms with Crippen molar-refractivity contribution in [2.24, 2.45) is 0 Å². The minimum Gasteiger partial charge on any atom is -0.481 e. The Labute approximate surface area is 117 Å². The van der Waals surface area contributed by atoms with E-state index in [1.165, 1.54) is 0 Å². The number of benzene rings is 1. The predicted molar refractivity (Wildman–Crippen MR) is 72.5 cm³/mol. The van der Waals surface area contributed by atoms with Crippen LogP contribution in [-0.2, 0) is 9.53 Å². The van der Waals surface area contributed by atoms with E-state index in [1.807, 2.05) is 6.07 Å². The molecule has 1 rings (SSSR count). The van der Waals surface area contributed by atoms with Crippen LogP contribution < -0.4 is 4.90 Å². The molecule has 20 heavy (non-hydrogen) atoms. The van der Waals surface area contributed by atoms with Gasteiger partial charge in [-0.3, -0.25) is 4.79 Å². The molecule has 0 aliphatic rings. The zero-order valence-electron chi connectivity index (χ0n) is 11.2. The molecule has 0 fully saturated rings. The molecule has 0 aliphatic heterocycles. The van der Waals surface area contributed by atoms with E-state index in [0.717, 1.165) is 0 Å². The van der Waals surface area contributed by atoms with Gasteiger partial charge in [-0.05, 0) is 31.2 Å². The van der Waals surface area contributed by atoms with Gasteiger partial charge >= 0.3 is 11.9 Å². The molecular formula is C14H16N2O4. The lowest BCUT2D eigenvalue weighted by Crippen LogP contribution is -2.26. The van der Waals surface area contributed by atoms with Crippen LogP contribution in [0.15, 0.2) is 24.3 Å². The topological polar surface area (TPSA) is 90.6 Å². The maximum absolute atomic E-state index is 11.5. The van der Waals surface area contributed by atoms with Crippen LogP contribution in [0.3, 0.4) is 0 Å². The molecule has 0 atom stereocenters. The van der Waals surface area contributed by atoms with Crippen LogP contribution in [-0.4, -0.2) is 36.7 Å². The van der Waals surface area contributed by atoms with Crippen LogP contribution in [0.25, 0.3) is 0 Å². The van der Waals surface area contributed by atoms with Crippen LogP contribution >= 0.6 is 0 Å². The van der Waals surface area contributed by atoms with Crippen molar-refractivity contribution in [1.29, 1.82) is 5.26 Å². The van der Waals surface area contributed by atoms with Crippen molar-refractivity contribution >= 4 is 17.6 Å². The lowest BCUT2D eigenvalue weighted by Gasteiger charge is -2.20. The Bertz CT molecular complexity index is 505. The SMILES string of the molecule is CCOC(=O)c1ccc(N(CC#N)CCC(=O)O)cc1. The third-order valence-electron chi connectivity index (χ3n) is 2.60. The molecule has 0 amide bonds. The van der Waals surface area contributed by atoms with E-state index in [-0.39, 0.29) is 19.5 Å². The summed E-state index contributed by atoms with van der Waals surface area (Å²) < 4.78 is 4.87. The molecule has 0 saturated heterocycles. The number of anilines is 1. The maximum atomic E-state index is 11.5. The Hall–Kier alpha value is -2.55. The molecule has 0 unspecified atom stereocenters. The van der Waals surface area contributed by atoms with E-state index in [4.69, 9.17) is 15.1 Å². The molecule has 0 aromatic heterocycles. The van der Waals surface area contributed by atoms with E-state index in [9.17, 15) is 9.59 Å². The highest BCUT2D eigenvalue weighted by atomic mass is 16.5. The molecule has 0 heterocycles. The second-order valence-corrected chi connectivity index (χ2v) is 3.99. The summed E-state index contributed by atoms with van der Waals surface area (Å²) in [5.74, 6) is -1.33. The molecular weight excluding hydrogens is 260 g/mol. The Balaban J connectivity index is 2.79. The van der Waals surface area contributed by atoms with Gasteiger partial charge in [0.05, 0.1) is 24.7 Å². The molecule has 0 spiro atoms. The second-order valence-electron chi connectivity index (χ2n) is 3.99. The summed E-state index contributed by atoms with van der Waals surface area (Å²) in [5.41, 5.74) is 1.12. The fourth-order valence-electron chi connectivity index (χ4n) is 1.64. The van der Waals surface area contributed by atoms with Crippen molar-refractivity contribution in [2.75, 3.05) is 24.6 Å². The average molecular weight is 276 g/mol. The van der Waals surface area contributed by atoms with Crippen molar-refractivity contribution in [2.45, 2.75) is 13.3 Å². The third-order valence-corrected chi connectivity index (χ3v) is 2.60. The van der Waals surface area contributed by atoms with Crippen LogP contribution in [0.1, 0.15) is 23.7 Å². The molecule has 0 saturated carbocycles. The number of hydrogen-bond donors (Lipinski definition) is 1. The molecule has 106 valence electrons. The molecule has 1 aromatic carbocycles. The summed E-state index contributed by atoms with van der Waals surface area (Å²) >= 11 is 0. The van der Waals surface area contributed by atoms with Crippen LogP contribution in [0.4, 0.5) is 5.69 Å². The van der Waals surface area contributed by atoms with Gasteiger partial charge in [0.15, 0.2) is 0 Å². The second kappa shape index (κ2) is 7.79. The van der Waals surface area contributed by atoms with Gasteiger partial charge < -0.3 is 14.7 Å². The number of carboxylic acid groups (broad SMARTS) is 1. The van der Waals surface area contributed by atoms with Gasteiger partial charge in [0.1, 0.15) is 6.54 Å². The molecule has 0 radical (unpaired) electrons. The standard InChI is InChI=1S/C14H16N2O4/c1-2-20-14(19)11-3-5-12(6-4-11)16(10-8-15)9-7-13(17)18/h3-6H,2,7,9-10H2,1H3,(H,17,18). The fourth-order valence-corrected chi connectivity index (χ4v) is 1.64. The lowest BCUT2D eigenvalue weighted by molar-refractivity contribution is -0.136. The number of carbonyl (C=O) groups is 2. The number of carboxylic acids is 1. The molecule has 6 nitrogen and oxygen atoms in total. The zero-order valence-corrected chi connectivity index (χ0v) is 11.2. The van der Waals surface area contributed by atoms with E-state index >= 15 is 0 Å². The Morgan fingerprint density at radius 3 is 2.50 bits per heavy atom. The Morgan fingerprint density at radius 2 is 2.00 bits per heavy atom. The average Bonchev–Trinajstić information content (AvgIpc) is 2.44. The van der Waals surface area contributed by atoms with Gasteiger partial charge in [0.25, 0.3) is 0 Å². The molecule has 0 aliphatic carbocycles. The van der Waals surface area contributed by atoms with Crippen LogP contribution in [0.2, 0.25) is 0 Å². The van der Waals surface area contributed by atoms with Crippen molar-refractivity contribution in [3.8, 4) is 6.07 Å². The number of hydrogen-bond acceptors (Lipinski definition) is 5. The van der Waals surface area contributed by atoms with Gasteiger partial charge in [-0.1, -0.05) is 0 Å². The number of esters is 1. The summed E-state index contributed by atoms with van der Waals surface area (Å²) in [4.78, 5) is 23.7. The van der Waals surface area contributed by atoms with E-state index < -0.39 is 11.9 Å². The summed E-state index contributed by atoms with van der Waals surface area (Å²) in [6.45, 7) is 2.36. The van der Waals surface area contributed by atoms with Crippen molar-refractivity contribution in [3.63, 3.8) is 0 Å². The maximum Gasteiger partial charge on any atom is 0.338 e. The Kier molecular flexibility index (Phi) is 6.04. The van der Waals surface area contributed by atoms with Crippen molar-refractivity contribution < 1.29 is 19.4 Å². The van der Waals surface area contributed by atoms with Gasteiger partial charge in [-0.25, -0.2) is 4.79 Å². The predicted octanol–water partition coefficient (Wildman–Crippen LogP) is 1.67. The molecule has 1 aromatic rings. The summed E-state index contributed by atoms with van der Waals surface area (Å²) in [6, 6.07) is 8.52. The number of nitriles is 1. The number of ether oxygens (including phenoxy) is 1. The summed E-state index contributed by atoms with van der Waals surface area (Å²) in [5, 5.41) is 17.4. The van der Waals surface area contributed by atoms with Gasteiger partial charge in [0.2, 0.25) is 0 Å². The van der Waals surface area contributed by atoms with Gasteiger partial charge in [-0.15, -0.1) is 0 Å². The number of nitrogens with zero attached hydrogens (tertiary/aromatic N) is 2. The first kappa shape index (κ1) is 15.5. The fraction of sp³-hybridized carbons (Fsp3) is 0.357. The normalized spacial score (nSPS) is 9.60. The first-order valence-electron chi connectivity index (χ1n) is 6.19. The van der Waals surface area contributed by atoms with E-state index in [2.05, 4.69) is 0 Å². The largest absolute Gasteiger partial charge is 0.481 e. The lowest BCUT2D eigenvalue weighted by atomic mass is 10.2. The highest BCUT2D eigenvalue weighted by molar-refractivity contribution is 5.89. The molecule has 6 heteroatoms. The zero-order chi connectivity index (χ0) is 15.0.